The van der Waals surface area contributed by atoms with Crippen molar-refractivity contribution in [2.45, 2.75) is 60.7 Å². The number of rotatable bonds is 23. The first-order valence-electron chi connectivity index (χ1n) is 28.5. The van der Waals surface area contributed by atoms with Gasteiger partial charge in [-0.05, 0) is 122 Å². The summed E-state index contributed by atoms with van der Waals surface area (Å²) in [5.74, 6) is 1.69. The molecule has 0 aliphatic heterocycles. The lowest BCUT2D eigenvalue weighted by Gasteiger charge is -2.14. The zero-order chi connectivity index (χ0) is 65.7. The van der Waals surface area contributed by atoms with Gasteiger partial charge in [-0.1, -0.05) is 162 Å². The number of methoxy groups -OCH3 is 6. The van der Waals surface area contributed by atoms with Crippen molar-refractivity contribution >= 4 is 47.4 Å². The minimum atomic E-state index is -0.269. The summed E-state index contributed by atoms with van der Waals surface area (Å²) in [6, 6.07) is 46.3. The number of ether oxygens (including phenoxy) is 6. The van der Waals surface area contributed by atoms with Crippen molar-refractivity contribution in [2.24, 2.45) is 0 Å². The molecule has 8 rings (SSSR count). The van der Waals surface area contributed by atoms with Crippen LogP contribution in [0.4, 0.5) is 0 Å². The first-order chi connectivity index (χ1) is 43.4. The third-order valence-electron chi connectivity index (χ3n) is 13.9. The number of hydrogen-bond donors (Lipinski definition) is 5. The molecule has 0 spiro atoms. The van der Waals surface area contributed by atoms with E-state index in [4.69, 9.17) is 28.4 Å². The van der Waals surface area contributed by atoms with Gasteiger partial charge < -0.3 is 54.0 Å². The van der Waals surface area contributed by atoms with Gasteiger partial charge in [-0.15, -0.1) is 0 Å². The van der Waals surface area contributed by atoms with E-state index in [1.54, 1.807) is 78.9 Å². The van der Waals surface area contributed by atoms with Gasteiger partial charge in [0, 0.05) is 27.8 Å². The van der Waals surface area contributed by atoms with Gasteiger partial charge in [0.15, 0.2) is 34.6 Å². The number of benzene rings is 8. The molecule has 0 heterocycles. The quantitative estimate of drug-likeness (QED) is 0.0297. The lowest BCUT2D eigenvalue weighted by Crippen LogP contribution is -2.04. The lowest BCUT2D eigenvalue weighted by atomic mass is 10.0. The second-order valence-corrected chi connectivity index (χ2v) is 20.3. The molecule has 8 aromatic carbocycles. The maximum absolute atomic E-state index is 12.5. The van der Waals surface area contributed by atoms with Crippen molar-refractivity contribution in [3.63, 3.8) is 0 Å². The number of ketones is 4. The Morgan fingerprint density at radius 1 is 0.333 bits per heavy atom. The second-order valence-electron chi connectivity index (χ2n) is 20.3. The molecule has 0 saturated carbocycles. The van der Waals surface area contributed by atoms with Gasteiger partial charge in [0.25, 0.3) is 0 Å². The molecule has 0 radical (unpaired) electrons. The fourth-order valence-corrected chi connectivity index (χ4v) is 8.79. The van der Waals surface area contributed by atoms with Crippen LogP contribution in [-0.2, 0) is 33.0 Å². The average Bonchev–Trinajstić information content (AvgIpc) is 2.49. The molecule has 0 bridgehead atoms. The van der Waals surface area contributed by atoms with E-state index in [0.717, 1.165) is 33.4 Å². The highest BCUT2D eigenvalue weighted by atomic mass is 16.5. The van der Waals surface area contributed by atoms with Gasteiger partial charge in [-0.2, -0.15) is 0 Å². The summed E-state index contributed by atoms with van der Waals surface area (Å²) in [6.07, 6.45) is 13.1. The fraction of sp³-hybridized carbons (Fsp3) is 0.200. The van der Waals surface area contributed by atoms with Gasteiger partial charge >= 0.3 is 0 Å². The van der Waals surface area contributed by atoms with E-state index in [2.05, 4.69) is 0 Å². The van der Waals surface area contributed by atoms with Crippen molar-refractivity contribution in [2.75, 3.05) is 42.7 Å². The SMILES string of the molecule is COc1c(CO)ccc(C(=O)/C=C/c2ccc(C)cc2)c1OC.COc1cc(C(=O)/C=C/c2ccc(C)cc2)cc(CO)c1CO.COc1cc(C(=O)/C=C/c2ccc(C)cc2)ccc1CO.COc1cc(CO)cc(OC)c1C(=O)/C=C/c1ccc(C)cc1. The van der Waals surface area contributed by atoms with Crippen LogP contribution in [0, 0.1) is 27.7 Å². The van der Waals surface area contributed by atoms with Crippen molar-refractivity contribution in [1.82, 2.24) is 0 Å². The Labute approximate surface area is 526 Å². The number of aliphatic hydroxyl groups is 5. The third kappa shape index (κ3) is 20.6. The highest BCUT2D eigenvalue weighted by molar-refractivity contribution is 6.11. The molecule has 0 amide bonds. The summed E-state index contributed by atoms with van der Waals surface area (Å²) >= 11 is 0. The predicted octanol–water partition coefficient (Wildman–Crippen LogP) is 13.1. The third-order valence-corrected chi connectivity index (χ3v) is 13.9. The fourth-order valence-electron chi connectivity index (χ4n) is 8.79. The normalized spacial score (nSPS) is 10.8. The first-order valence-corrected chi connectivity index (χ1v) is 28.5. The average molecular weight is 1220 g/mol. The Morgan fingerprint density at radius 2 is 0.711 bits per heavy atom. The summed E-state index contributed by atoms with van der Waals surface area (Å²) < 4.78 is 31.5. The number of aliphatic hydroxyl groups excluding tert-OH is 5. The van der Waals surface area contributed by atoms with Crippen LogP contribution in [-0.4, -0.2) is 91.3 Å². The molecule has 0 aliphatic rings. The zero-order valence-corrected chi connectivity index (χ0v) is 52.4. The summed E-state index contributed by atoms with van der Waals surface area (Å²) in [4.78, 5) is 49.5. The van der Waals surface area contributed by atoms with Crippen LogP contribution in [0.3, 0.4) is 0 Å². The predicted molar refractivity (Wildman–Crippen MR) is 353 cm³/mol. The second kappa shape index (κ2) is 36.3. The number of hydrogen-bond acceptors (Lipinski definition) is 15. The number of carbonyl (C=O) groups excluding carboxylic acids is 4. The molecule has 8 aromatic rings. The van der Waals surface area contributed by atoms with Crippen molar-refractivity contribution in [3.05, 3.63) is 271 Å². The number of carbonyl (C=O) groups is 4. The van der Waals surface area contributed by atoms with Crippen LogP contribution < -0.4 is 28.4 Å². The Bertz CT molecular complexity index is 3750. The van der Waals surface area contributed by atoms with Gasteiger partial charge in [0.05, 0.1) is 81.3 Å². The highest BCUT2D eigenvalue weighted by Crippen LogP contribution is 2.36. The van der Waals surface area contributed by atoms with Crippen LogP contribution >= 0.6 is 0 Å². The molecule has 0 aliphatic carbocycles. The van der Waals surface area contributed by atoms with Gasteiger partial charge in [-0.25, -0.2) is 0 Å². The van der Waals surface area contributed by atoms with E-state index in [9.17, 15) is 44.7 Å². The van der Waals surface area contributed by atoms with Crippen LogP contribution in [0.2, 0.25) is 0 Å². The molecule has 0 aromatic heterocycles. The molecular weight excluding hydrogens is 1140 g/mol. The molecule has 0 atom stereocenters. The topological polar surface area (TPSA) is 225 Å². The molecule has 0 fully saturated rings. The summed E-state index contributed by atoms with van der Waals surface area (Å²) in [6.45, 7) is 7.07. The van der Waals surface area contributed by atoms with Crippen molar-refractivity contribution in [3.8, 4) is 34.5 Å². The molecule has 15 nitrogen and oxygen atoms in total. The first kappa shape index (κ1) is 70.8. The van der Waals surface area contributed by atoms with Crippen LogP contribution in [0.25, 0.3) is 24.3 Å². The van der Waals surface area contributed by atoms with Gasteiger partial charge in [0.1, 0.15) is 28.6 Å². The minimum Gasteiger partial charge on any atom is -0.496 e. The monoisotopic (exact) mass is 1220 g/mol. The van der Waals surface area contributed by atoms with Crippen LogP contribution in [0.15, 0.2) is 176 Å². The zero-order valence-electron chi connectivity index (χ0n) is 52.4. The van der Waals surface area contributed by atoms with E-state index in [1.165, 1.54) is 78.1 Å². The van der Waals surface area contributed by atoms with E-state index in [-0.39, 0.29) is 56.2 Å². The molecule has 468 valence electrons. The minimum absolute atomic E-state index is 0.0987. The standard InChI is InChI=1S/3C19H20O4.C18H18O3/c1-13-4-6-14(7-5-13)8-11-17(21)16-10-9-15(12-20)18(22-2)19(16)23-3;1-13-4-6-14(7-5-13)8-9-16(21)19-17(22-2)10-15(12-20)11-18(19)23-3;1-13-3-5-14(6-4-13)7-8-18(22)15-9-16(11-20)17(12-21)19(10-15)23-2;1-13-3-5-14(6-4-13)7-10-17(20)15-8-9-16(12-19)18(11-15)21-2/h2*4-11,20H,12H2,1-3H3;3-10,20-21H,11-12H2,1-2H3;3-11,19H,12H2,1-2H3/b11-8+;9-8+;8-7+;10-7+. The molecule has 5 N–H and O–H groups in total. The molecule has 0 unspecified atom stereocenters. The molecule has 15 heteroatoms. The summed E-state index contributed by atoms with van der Waals surface area (Å²) in [5, 5.41) is 46.6. The van der Waals surface area contributed by atoms with Gasteiger partial charge in [0.2, 0.25) is 0 Å². The molecule has 0 saturated heterocycles. The van der Waals surface area contributed by atoms with Crippen molar-refractivity contribution in [1.29, 1.82) is 0 Å². The lowest BCUT2D eigenvalue weighted by molar-refractivity contribution is 0.103. The smallest absolute Gasteiger partial charge is 0.193 e. The Hall–Kier alpha value is -10.0. The Morgan fingerprint density at radius 3 is 1.09 bits per heavy atom. The molecular formula is C75H78O15. The van der Waals surface area contributed by atoms with E-state index in [0.29, 0.717) is 84.6 Å². The maximum Gasteiger partial charge on any atom is 0.193 e. The summed E-state index contributed by atoms with van der Waals surface area (Å²) in [5.41, 5.74) is 13.0. The summed E-state index contributed by atoms with van der Waals surface area (Å²) in [7, 11) is 8.90. The van der Waals surface area contributed by atoms with E-state index in [1.807, 2.05) is 125 Å². The molecule has 90 heavy (non-hydrogen) atoms. The Balaban J connectivity index is 0.000000218. The Kier molecular flexibility index (Phi) is 28.6. The largest absolute Gasteiger partial charge is 0.496 e. The van der Waals surface area contributed by atoms with Crippen LogP contribution in [0.5, 0.6) is 34.5 Å². The van der Waals surface area contributed by atoms with E-state index < -0.39 is 0 Å². The van der Waals surface area contributed by atoms with Gasteiger partial charge in [-0.3, -0.25) is 19.2 Å². The van der Waals surface area contributed by atoms with Crippen LogP contribution in [0.1, 0.15) is 114 Å². The van der Waals surface area contributed by atoms with E-state index >= 15 is 0 Å². The maximum atomic E-state index is 12.5. The highest BCUT2D eigenvalue weighted by Gasteiger charge is 2.20. The van der Waals surface area contributed by atoms with Crippen molar-refractivity contribution < 1.29 is 73.1 Å². The number of aryl methyl sites for hydroxylation is 4. The number of allylic oxidation sites excluding steroid dienone is 4.